The van der Waals surface area contributed by atoms with Gasteiger partial charge in [0.2, 0.25) is 0 Å². The van der Waals surface area contributed by atoms with Crippen molar-refractivity contribution in [2.24, 2.45) is 0 Å². The fourth-order valence-corrected chi connectivity index (χ4v) is 2.69. The van der Waals surface area contributed by atoms with Crippen molar-refractivity contribution in [2.45, 2.75) is 32.3 Å². The van der Waals surface area contributed by atoms with Gasteiger partial charge in [-0.25, -0.2) is 4.79 Å². The normalized spacial score (nSPS) is 15.4. The molecule has 2 aromatic rings. The summed E-state index contributed by atoms with van der Waals surface area (Å²) >= 11 is 0. The molecule has 0 saturated heterocycles. The highest BCUT2D eigenvalue weighted by Gasteiger charge is 2.29. The van der Waals surface area contributed by atoms with Crippen LogP contribution < -0.4 is 14.8 Å². The Labute approximate surface area is 146 Å². The number of hydrogen-bond acceptors (Lipinski definition) is 6. The number of ether oxygens (including phenoxy) is 2. The minimum Gasteiger partial charge on any atom is -0.478 e. The van der Waals surface area contributed by atoms with Gasteiger partial charge in [0.1, 0.15) is 11.6 Å². The van der Waals surface area contributed by atoms with Crippen molar-refractivity contribution in [3.05, 3.63) is 29.8 Å². The number of nitrogens with one attached hydrogen (secondary N) is 1. The highest BCUT2D eigenvalue weighted by Crippen LogP contribution is 2.33. The number of benzene rings is 1. The molecule has 7 heteroatoms. The van der Waals surface area contributed by atoms with E-state index in [0.717, 1.165) is 30.5 Å². The van der Waals surface area contributed by atoms with E-state index in [1.54, 1.807) is 6.07 Å². The first-order valence-corrected chi connectivity index (χ1v) is 8.30. The zero-order valence-corrected chi connectivity index (χ0v) is 14.3. The molecule has 7 nitrogen and oxygen atoms in total. The first-order chi connectivity index (χ1) is 12.1. The number of carbonyl (C=O) groups is 1. The minimum absolute atomic E-state index is 0.289. The maximum absolute atomic E-state index is 11.1. The lowest BCUT2D eigenvalue weighted by Gasteiger charge is -2.10. The summed E-state index contributed by atoms with van der Waals surface area (Å²) in [6, 6.07) is 7.71. The van der Waals surface area contributed by atoms with Gasteiger partial charge in [-0.05, 0) is 30.2 Å². The Bertz CT molecular complexity index is 779. The molecule has 1 atom stereocenters. The third kappa shape index (κ3) is 3.81. The van der Waals surface area contributed by atoms with Crippen molar-refractivity contribution in [1.29, 1.82) is 0 Å². The summed E-state index contributed by atoms with van der Waals surface area (Å²) in [6.45, 7) is 2.96. The lowest BCUT2D eigenvalue weighted by Crippen LogP contribution is -2.24. The van der Waals surface area contributed by atoms with Crippen molar-refractivity contribution in [1.82, 2.24) is 9.97 Å². The summed E-state index contributed by atoms with van der Waals surface area (Å²) in [4.78, 5) is 19.8. The number of rotatable bonds is 7. The predicted octanol–water partition coefficient (Wildman–Crippen LogP) is 2.75. The van der Waals surface area contributed by atoms with Gasteiger partial charge in [-0.3, -0.25) is 0 Å². The molecule has 0 aliphatic carbocycles. The van der Waals surface area contributed by atoms with E-state index in [0.29, 0.717) is 23.7 Å². The van der Waals surface area contributed by atoms with Gasteiger partial charge in [-0.2, -0.15) is 9.97 Å². The Morgan fingerprint density at radius 1 is 1.40 bits per heavy atom. The van der Waals surface area contributed by atoms with Crippen LogP contribution in [0, 0.1) is 0 Å². The van der Waals surface area contributed by atoms with Crippen molar-refractivity contribution in [3.63, 3.8) is 0 Å². The van der Waals surface area contributed by atoms with Gasteiger partial charge in [0.25, 0.3) is 0 Å². The van der Waals surface area contributed by atoms with Gasteiger partial charge >= 0.3 is 12.0 Å². The number of nitrogens with zero attached hydrogens (tertiary/aromatic N) is 2. The molecule has 1 aromatic heterocycles. The Morgan fingerprint density at radius 2 is 2.24 bits per heavy atom. The van der Waals surface area contributed by atoms with Crippen molar-refractivity contribution >= 4 is 11.8 Å². The Morgan fingerprint density at radius 3 is 2.96 bits per heavy atom. The molecule has 132 valence electrons. The number of carboxylic acid groups (broad SMARTS) is 1. The molecule has 1 aliphatic heterocycles. The zero-order chi connectivity index (χ0) is 17.8. The Kier molecular flexibility index (Phi) is 5.02. The van der Waals surface area contributed by atoms with Gasteiger partial charge in [0, 0.05) is 24.6 Å². The van der Waals surface area contributed by atoms with E-state index in [9.17, 15) is 4.79 Å². The molecule has 0 amide bonds. The number of methoxy groups -OCH3 is 1. The molecule has 3 rings (SSSR count). The van der Waals surface area contributed by atoms with E-state index in [-0.39, 0.29) is 6.01 Å². The third-order valence-electron chi connectivity index (χ3n) is 4.03. The SMILES string of the molecule is CCCCNc1cc(-c2ccc3c(c2)CC(C(=O)O)O3)nc(OC)n1. The van der Waals surface area contributed by atoms with Crippen LogP contribution >= 0.6 is 0 Å². The molecule has 0 bridgehead atoms. The molecule has 0 saturated carbocycles. The van der Waals surface area contributed by atoms with E-state index in [4.69, 9.17) is 14.6 Å². The second kappa shape index (κ2) is 7.38. The van der Waals surface area contributed by atoms with Crippen molar-refractivity contribution in [3.8, 4) is 23.0 Å². The van der Waals surface area contributed by atoms with E-state index in [2.05, 4.69) is 22.2 Å². The van der Waals surface area contributed by atoms with Crippen molar-refractivity contribution < 1.29 is 19.4 Å². The van der Waals surface area contributed by atoms with Crippen molar-refractivity contribution in [2.75, 3.05) is 19.0 Å². The van der Waals surface area contributed by atoms with Gasteiger partial charge in [0.15, 0.2) is 6.10 Å². The molecule has 0 radical (unpaired) electrons. The van der Waals surface area contributed by atoms with E-state index in [1.165, 1.54) is 7.11 Å². The van der Waals surface area contributed by atoms with Gasteiger partial charge in [0.05, 0.1) is 12.8 Å². The molecule has 2 N–H and O–H groups in total. The molecule has 0 fully saturated rings. The first-order valence-electron chi connectivity index (χ1n) is 8.30. The molecule has 1 unspecified atom stereocenters. The maximum atomic E-state index is 11.1. The average Bonchev–Trinajstić information content (AvgIpc) is 3.05. The molecule has 25 heavy (non-hydrogen) atoms. The number of unbranched alkanes of at least 4 members (excludes halogenated alkanes) is 1. The molecular formula is C18H21N3O4. The smallest absolute Gasteiger partial charge is 0.345 e. The lowest BCUT2D eigenvalue weighted by molar-refractivity contribution is -0.144. The number of carboxylic acids is 1. The number of anilines is 1. The molecular weight excluding hydrogens is 322 g/mol. The van der Waals surface area contributed by atoms with E-state index >= 15 is 0 Å². The van der Waals surface area contributed by atoms with Gasteiger partial charge in [-0.1, -0.05) is 13.3 Å². The van der Waals surface area contributed by atoms with E-state index < -0.39 is 12.1 Å². The van der Waals surface area contributed by atoms with Crippen LogP contribution in [0.3, 0.4) is 0 Å². The summed E-state index contributed by atoms with van der Waals surface area (Å²) in [6.07, 6.45) is 1.67. The molecule has 0 spiro atoms. The monoisotopic (exact) mass is 343 g/mol. The second-order valence-corrected chi connectivity index (χ2v) is 5.88. The van der Waals surface area contributed by atoms with Crippen LogP contribution in [-0.2, 0) is 11.2 Å². The fraction of sp³-hybridized carbons (Fsp3) is 0.389. The van der Waals surface area contributed by atoms with Crippen LogP contribution in [-0.4, -0.2) is 40.8 Å². The van der Waals surface area contributed by atoms with Crippen LogP contribution in [0.1, 0.15) is 25.3 Å². The zero-order valence-electron chi connectivity index (χ0n) is 14.3. The first kappa shape index (κ1) is 17.0. The van der Waals surface area contributed by atoms with Crippen LogP contribution in [0.15, 0.2) is 24.3 Å². The van der Waals surface area contributed by atoms with Crippen LogP contribution in [0.4, 0.5) is 5.82 Å². The summed E-state index contributed by atoms with van der Waals surface area (Å²) in [5.74, 6) is 0.359. The molecule has 1 aliphatic rings. The fourth-order valence-electron chi connectivity index (χ4n) is 2.69. The predicted molar refractivity (Wildman–Crippen MR) is 93.2 cm³/mol. The molecule has 1 aromatic carbocycles. The van der Waals surface area contributed by atoms with Gasteiger partial charge < -0.3 is 19.9 Å². The summed E-state index contributed by atoms with van der Waals surface area (Å²) < 4.78 is 10.6. The Balaban J connectivity index is 1.88. The van der Waals surface area contributed by atoms with Crippen LogP contribution in [0.25, 0.3) is 11.3 Å². The highest BCUT2D eigenvalue weighted by molar-refractivity contribution is 5.75. The largest absolute Gasteiger partial charge is 0.478 e. The topological polar surface area (TPSA) is 93.6 Å². The highest BCUT2D eigenvalue weighted by atomic mass is 16.5. The minimum atomic E-state index is -0.955. The van der Waals surface area contributed by atoms with E-state index in [1.807, 2.05) is 18.2 Å². The third-order valence-corrected chi connectivity index (χ3v) is 4.03. The molecule has 2 heterocycles. The lowest BCUT2D eigenvalue weighted by atomic mass is 10.0. The number of hydrogen-bond donors (Lipinski definition) is 2. The van der Waals surface area contributed by atoms with Crippen LogP contribution in [0.5, 0.6) is 11.8 Å². The number of aromatic nitrogens is 2. The second-order valence-electron chi connectivity index (χ2n) is 5.88. The standard InChI is InChI=1S/C18H21N3O4/c1-3-4-7-19-16-10-13(20-18(21-16)24-2)11-5-6-14-12(8-11)9-15(25-14)17(22)23/h5-6,8,10,15H,3-4,7,9H2,1-2H3,(H,22,23)(H,19,20,21). The average molecular weight is 343 g/mol. The summed E-state index contributed by atoms with van der Waals surface area (Å²) in [7, 11) is 1.53. The number of aliphatic carboxylic acids is 1. The van der Waals surface area contributed by atoms with Crippen LogP contribution in [0.2, 0.25) is 0 Å². The van der Waals surface area contributed by atoms with Gasteiger partial charge in [-0.15, -0.1) is 0 Å². The summed E-state index contributed by atoms with van der Waals surface area (Å²) in [5.41, 5.74) is 2.45. The summed E-state index contributed by atoms with van der Waals surface area (Å²) in [5, 5.41) is 12.4. The number of fused-ring (bicyclic) bond motifs is 1. The quantitative estimate of drug-likeness (QED) is 0.747. The Hall–Kier alpha value is -2.83. The maximum Gasteiger partial charge on any atom is 0.345 e.